The molecule has 0 atom stereocenters. The van der Waals surface area contributed by atoms with Crippen molar-refractivity contribution in [3.8, 4) is 45.3 Å². The molecule has 11 aromatic heterocycles. The molecule has 11 heterocycles. The summed E-state index contributed by atoms with van der Waals surface area (Å²) in [6, 6.07) is 141. The summed E-state index contributed by atoms with van der Waals surface area (Å²) < 4.78 is 33.3. The van der Waals surface area contributed by atoms with Crippen LogP contribution in [0.4, 0.5) is 0 Å². The summed E-state index contributed by atoms with van der Waals surface area (Å²) in [5.74, 6) is 2.70. The molecule has 0 amide bonds. The van der Waals surface area contributed by atoms with E-state index in [1.165, 1.54) is 87.7 Å². The summed E-state index contributed by atoms with van der Waals surface area (Å²) >= 11 is 0. The number of hydrogen-bond donors (Lipinski definition) is 0. The zero-order valence-electron chi connectivity index (χ0n) is 69.7. The van der Waals surface area contributed by atoms with Crippen molar-refractivity contribution in [1.29, 1.82) is 0 Å². The maximum atomic E-state index is 6.22. The van der Waals surface area contributed by atoms with Crippen molar-refractivity contribution >= 4 is 193 Å². The lowest BCUT2D eigenvalue weighted by atomic mass is 10.0. The van der Waals surface area contributed by atoms with Crippen LogP contribution in [0.3, 0.4) is 0 Å². The van der Waals surface area contributed by atoms with Gasteiger partial charge in [-0.25, -0.2) is 15.0 Å². The predicted octanol–water partition coefficient (Wildman–Crippen LogP) is 29.0. The molecule has 29 rings (SSSR count). The second-order valence-electron chi connectivity index (χ2n) is 33.8. The van der Waals surface area contributed by atoms with Gasteiger partial charge in [0, 0.05) is 76.6 Å². The monoisotopic (exact) mass is 1640 g/mol. The van der Waals surface area contributed by atoms with E-state index < -0.39 is 0 Å². The number of aryl methyl sites for hydroxylation is 3. The molecule has 0 saturated carbocycles. The smallest absolute Gasteiger partial charge is 0.220 e. The number of benzene rings is 18. The van der Waals surface area contributed by atoms with Crippen LogP contribution in [0.15, 0.2) is 403 Å². The van der Waals surface area contributed by atoms with E-state index in [1.807, 2.05) is 0 Å². The van der Waals surface area contributed by atoms with E-state index in [9.17, 15) is 0 Å². The van der Waals surface area contributed by atoms with Crippen LogP contribution in [0.1, 0.15) is 16.7 Å². The normalized spacial score (nSPS) is 12.2. The fraction of sp³-hybridized carbons (Fsp3) is 0.0263. The van der Waals surface area contributed by atoms with Gasteiger partial charge in [-0.2, -0.15) is 0 Å². The molecular weight excluding hydrogens is 1570 g/mol. The van der Waals surface area contributed by atoms with E-state index in [-0.39, 0.29) is 0 Å². The zero-order chi connectivity index (χ0) is 84.3. The molecule has 0 saturated heterocycles. The average Bonchev–Trinajstić information content (AvgIpc) is 1.57. The molecule has 0 aliphatic carbocycles. The Hall–Kier alpha value is -17.2. The Morgan fingerprint density at radius 3 is 0.898 bits per heavy atom. The molecule has 0 bridgehead atoms. The minimum Gasteiger partial charge on any atom is -0.456 e. The number of furan rings is 2. The first-order chi connectivity index (χ1) is 63.2. The first kappa shape index (κ1) is 71.4. The SMILES string of the molecule is Cc1ccc2oc3ccc(-n4c5ccc(-c6ccc7c(c6)c6ccccc6n7-c6ccccc6)cc5n5c6ccccc6nc45)cc3c2c1.Cc1ccc2oc3ccc(-n4c5ccc(-n6c7ccccc7c7ccccc76)cc5n5c6ccccc6nc45)cc3c2c1.Cc1cccc(-n2c3ccc(-n4c5ccccc5c5ccccc54)cc3n3c4ccccc4nc23)c1. The van der Waals surface area contributed by atoms with E-state index in [0.29, 0.717) is 0 Å². The number of fused-ring (bicyclic) bond motifs is 30. The molecule has 0 unspecified atom stereocenters. The van der Waals surface area contributed by atoms with Gasteiger partial charge < -0.3 is 22.5 Å². The molecule has 602 valence electrons. The Morgan fingerprint density at radius 2 is 0.469 bits per heavy atom. The van der Waals surface area contributed by atoms with Crippen LogP contribution in [0, 0.1) is 20.8 Å². The third kappa shape index (κ3) is 10.6. The number of rotatable bonds is 7. The lowest BCUT2D eigenvalue weighted by Crippen LogP contribution is -1.96. The van der Waals surface area contributed by atoms with E-state index in [4.69, 9.17) is 23.8 Å². The van der Waals surface area contributed by atoms with Crippen LogP contribution in [0.2, 0.25) is 0 Å². The zero-order valence-corrected chi connectivity index (χ0v) is 69.7. The molecule has 0 fully saturated rings. The Bertz CT molecular complexity index is 9640. The van der Waals surface area contributed by atoms with Crippen molar-refractivity contribution in [2.45, 2.75) is 20.8 Å². The average molecular weight is 1640 g/mol. The Kier molecular flexibility index (Phi) is 15.3. The van der Waals surface area contributed by atoms with Crippen LogP contribution in [0.5, 0.6) is 0 Å². The van der Waals surface area contributed by atoms with Gasteiger partial charge in [-0.15, -0.1) is 0 Å². The predicted molar refractivity (Wildman–Crippen MR) is 526 cm³/mol. The molecule has 18 aromatic carbocycles. The van der Waals surface area contributed by atoms with Crippen molar-refractivity contribution in [2.24, 2.45) is 0 Å². The summed E-state index contributed by atoms with van der Waals surface area (Å²) in [4.78, 5) is 15.4. The highest BCUT2D eigenvalue weighted by atomic mass is 16.3. The van der Waals surface area contributed by atoms with E-state index in [0.717, 1.165) is 167 Å². The van der Waals surface area contributed by atoms with Gasteiger partial charge in [0.25, 0.3) is 0 Å². The molecule has 0 aliphatic rings. The third-order valence-corrected chi connectivity index (χ3v) is 26.3. The molecule has 14 heteroatoms. The number of aromatic nitrogens is 12. The molecule has 0 spiro atoms. The largest absolute Gasteiger partial charge is 0.456 e. The number of hydrogen-bond acceptors (Lipinski definition) is 5. The molecule has 0 aliphatic heterocycles. The third-order valence-electron chi connectivity index (χ3n) is 26.3. The lowest BCUT2D eigenvalue weighted by molar-refractivity contribution is 0.668. The van der Waals surface area contributed by atoms with Gasteiger partial charge in [0.2, 0.25) is 17.3 Å². The molecular formula is C114H74N12O2. The van der Waals surface area contributed by atoms with Crippen LogP contribution in [0.25, 0.3) is 238 Å². The highest BCUT2D eigenvalue weighted by Gasteiger charge is 2.26. The Labute approximate surface area is 729 Å². The van der Waals surface area contributed by atoms with Gasteiger partial charge in [-0.05, 0) is 250 Å². The van der Waals surface area contributed by atoms with Gasteiger partial charge in [0.15, 0.2) is 0 Å². The highest BCUT2D eigenvalue weighted by molar-refractivity contribution is 6.14. The topological polar surface area (TPSA) is 108 Å². The van der Waals surface area contributed by atoms with Crippen molar-refractivity contribution in [1.82, 2.24) is 55.6 Å². The second-order valence-corrected chi connectivity index (χ2v) is 33.8. The summed E-state index contributed by atoms with van der Waals surface area (Å²) in [5, 5.41) is 12.0. The lowest BCUT2D eigenvalue weighted by Gasteiger charge is -2.10. The Balaban J connectivity index is 0.000000100. The van der Waals surface area contributed by atoms with Gasteiger partial charge in [-0.3, -0.25) is 26.9 Å². The van der Waals surface area contributed by atoms with Crippen molar-refractivity contribution < 1.29 is 8.83 Å². The van der Waals surface area contributed by atoms with Crippen molar-refractivity contribution in [2.75, 3.05) is 0 Å². The maximum absolute atomic E-state index is 6.22. The molecule has 0 N–H and O–H groups in total. The van der Waals surface area contributed by atoms with Crippen molar-refractivity contribution in [3.63, 3.8) is 0 Å². The molecule has 128 heavy (non-hydrogen) atoms. The first-order valence-electron chi connectivity index (χ1n) is 43.5. The molecule has 0 radical (unpaired) electrons. The summed E-state index contributed by atoms with van der Waals surface area (Å²) in [7, 11) is 0. The van der Waals surface area contributed by atoms with Crippen LogP contribution in [-0.2, 0) is 0 Å². The Morgan fingerprint density at radius 1 is 0.172 bits per heavy atom. The highest BCUT2D eigenvalue weighted by Crippen LogP contribution is 2.44. The van der Waals surface area contributed by atoms with Gasteiger partial charge in [0.1, 0.15) is 22.3 Å². The van der Waals surface area contributed by atoms with Crippen molar-refractivity contribution in [3.05, 3.63) is 411 Å². The second kappa shape index (κ2) is 27.4. The van der Waals surface area contributed by atoms with Crippen LogP contribution in [-0.4, -0.2) is 55.6 Å². The van der Waals surface area contributed by atoms with E-state index >= 15 is 0 Å². The minimum absolute atomic E-state index is 0.886. The fourth-order valence-electron chi connectivity index (χ4n) is 20.6. The molecule has 29 aromatic rings. The summed E-state index contributed by atoms with van der Waals surface area (Å²) in [5.41, 5.74) is 36.4. The maximum Gasteiger partial charge on any atom is 0.220 e. The van der Waals surface area contributed by atoms with Crippen LogP contribution < -0.4 is 0 Å². The standard InChI is InChI=1S/C44H28N4O.C38H24N4O.C32H22N4/c1-27-15-21-42-34(23-27)35-26-31(18-22-43(35)49-42)47-40-20-17-29(25-41(40)48-39-14-8-6-12-36(39)45-44(47)48)28-16-19-38-33(24-28)32-11-5-7-13-37(32)46(38)30-9-3-2-4-10-30;1-23-14-18-36-28(20-23)29-21-24(16-19-37(29)43-36)41-34-17-15-25(22-35(34)42-33-13-7-4-10-30(33)39-38(41)42)40-31-11-5-2-8-26(31)27-9-3-6-12-32(27)40;1-21-9-8-10-22(19-21)35-30-18-17-23(20-31(30)36-29-16-7-4-13-26(29)33-32(35)36)34-27-14-5-2-11-24(27)25-12-3-6-15-28(25)34/h2-26H,1H3;2-22H,1H3;2-20H,1H3. The number of nitrogens with zero attached hydrogens (tertiary/aromatic N) is 12. The summed E-state index contributed by atoms with van der Waals surface area (Å²) in [6.07, 6.45) is 0. The number of para-hydroxylation sites is 12. The molecule has 14 nitrogen and oxygen atoms in total. The first-order valence-corrected chi connectivity index (χ1v) is 43.5. The van der Waals surface area contributed by atoms with Gasteiger partial charge >= 0.3 is 0 Å². The van der Waals surface area contributed by atoms with Crippen LogP contribution >= 0.6 is 0 Å². The fourth-order valence-corrected chi connectivity index (χ4v) is 20.6. The van der Waals surface area contributed by atoms with Gasteiger partial charge in [-0.1, -0.05) is 193 Å². The van der Waals surface area contributed by atoms with Gasteiger partial charge in [0.05, 0.1) is 111 Å². The minimum atomic E-state index is 0.886. The number of imidazole rings is 6. The summed E-state index contributed by atoms with van der Waals surface area (Å²) in [6.45, 7) is 6.38. The van der Waals surface area contributed by atoms with E-state index in [2.05, 4.69) is 456 Å². The quantitative estimate of drug-likeness (QED) is 0.158. The van der Waals surface area contributed by atoms with E-state index in [1.54, 1.807) is 0 Å².